The summed E-state index contributed by atoms with van der Waals surface area (Å²) in [5.41, 5.74) is 1.90. The van der Waals surface area contributed by atoms with Gasteiger partial charge in [-0.3, -0.25) is 9.59 Å². The highest BCUT2D eigenvalue weighted by molar-refractivity contribution is 5.94. The van der Waals surface area contributed by atoms with Crippen molar-refractivity contribution in [1.29, 1.82) is 0 Å². The number of carbonyl (C=O) groups excluding carboxylic acids is 2. The van der Waals surface area contributed by atoms with Gasteiger partial charge in [-0.25, -0.2) is 0 Å². The Morgan fingerprint density at radius 1 is 0.833 bits per heavy atom. The van der Waals surface area contributed by atoms with Gasteiger partial charge in [-0.15, -0.1) is 0 Å². The molecule has 24 heavy (non-hydrogen) atoms. The second-order valence-electron chi connectivity index (χ2n) is 7.17. The first-order valence-electron chi connectivity index (χ1n) is 9.30. The van der Waals surface area contributed by atoms with Gasteiger partial charge in [0.1, 0.15) is 0 Å². The lowest BCUT2D eigenvalue weighted by molar-refractivity contribution is -0.136. The molecule has 1 aliphatic carbocycles. The Balaban J connectivity index is 1.59. The van der Waals surface area contributed by atoms with E-state index in [2.05, 4.69) is 0 Å². The zero-order valence-corrected chi connectivity index (χ0v) is 14.7. The van der Waals surface area contributed by atoms with E-state index in [4.69, 9.17) is 0 Å². The van der Waals surface area contributed by atoms with E-state index in [1.165, 1.54) is 19.3 Å². The molecule has 1 saturated heterocycles. The fraction of sp³-hybridized carbons (Fsp3) is 0.600. The molecule has 0 spiro atoms. The lowest BCUT2D eigenvalue weighted by Crippen LogP contribution is -2.40. The predicted octanol–water partition coefficient (Wildman–Crippen LogP) is 3.25. The van der Waals surface area contributed by atoms with Crippen molar-refractivity contribution < 1.29 is 9.59 Å². The van der Waals surface area contributed by atoms with E-state index in [-0.39, 0.29) is 11.8 Å². The molecule has 0 unspecified atom stereocenters. The molecule has 4 heteroatoms. The van der Waals surface area contributed by atoms with Gasteiger partial charge in [0.15, 0.2) is 0 Å². The van der Waals surface area contributed by atoms with Crippen LogP contribution in [0.3, 0.4) is 0 Å². The molecule has 2 amide bonds. The smallest absolute Gasteiger partial charge is 0.253 e. The average molecular weight is 328 g/mol. The molecule has 0 radical (unpaired) electrons. The van der Waals surface area contributed by atoms with Crippen LogP contribution in [0.15, 0.2) is 24.3 Å². The fourth-order valence-corrected chi connectivity index (χ4v) is 3.83. The number of hydrogen-bond acceptors (Lipinski definition) is 2. The van der Waals surface area contributed by atoms with Crippen LogP contribution in [0.1, 0.15) is 54.4 Å². The second-order valence-corrected chi connectivity index (χ2v) is 7.17. The van der Waals surface area contributed by atoms with Crippen LogP contribution in [-0.4, -0.2) is 47.8 Å². The Hall–Kier alpha value is -1.84. The summed E-state index contributed by atoms with van der Waals surface area (Å²) in [7, 11) is 0. The van der Waals surface area contributed by atoms with E-state index in [0.29, 0.717) is 19.0 Å². The molecule has 2 aliphatic rings. The van der Waals surface area contributed by atoms with Gasteiger partial charge in [0.25, 0.3) is 5.91 Å². The fourth-order valence-electron chi connectivity index (χ4n) is 3.83. The van der Waals surface area contributed by atoms with Crippen molar-refractivity contribution >= 4 is 11.8 Å². The Bertz CT molecular complexity index is 576. The third-order valence-corrected chi connectivity index (χ3v) is 5.35. The largest absolute Gasteiger partial charge is 0.341 e. The van der Waals surface area contributed by atoms with Gasteiger partial charge in [0.2, 0.25) is 5.91 Å². The van der Waals surface area contributed by atoms with Gasteiger partial charge >= 0.3 is 0 Å². The van der Waals surface area contributed by atoms with Gasteiger partial charge in [-0.1, -0.05) is 37.0 Å². The molecule has 130 valence electrons. The van der Waals surface area contributed by atoms with Crippen molar-refractivity contribution in [1.82, 2.24) is 9.80 Å². The van der Waals surface area contributed by atoms with Crippen molar-refractivity contribution in [2.75, 3.05) is 26.2 Å². The van der Waals surface area contributed by atoms with Crippen molar-refractivity contribution in [3.8, 4) is 0 Å². The van der Waals surface area contributed by atoms with E-state index in [9.17, 15) is 9.59 Å². The predicted molar refractivity (Wildman–Crippen MR) is 94.9 cm³/mol. The number of hydrogen-bond donors (Lipinski definition) is 0. The van der Waals surface area contributed by atoms with Crippen molar-refractivity contribution in [3.05, 3.63) is 35.4 Å². The molecule has 0 bridgehead atoms. The summed E-state index contributed by atoms with van der Waals surface area (Å²) in [6, 6.07) is 7.74. The highest BCUT2D eigenvalue weighted by Gasteiger charge is 2.28. The lowest BCUT2D eigenvalue weighted by atomic mass is 9.88. The molecular formula is C20H28N2O2. The van der Waals surface area contributed by atoms with Crippen LogP contribution in [0.4, 0.5) is 0 Å². The van der Waals surface area contributed by atoms with Gasteiger partial charge in [0, 0.05) is 37.7 Å². The van der Waals surface area contributed by atoms with E-state index in [0.717, 1.165) is 43.5 Å². The first kappa shape index (κ1) is 17.0. The minimum Gasteiger partial charge on any atom is -0.341 e. The quantitative estimate of drug-likeness (QED) is 0.836. The number of benzene rings is 1. The molecule has 1 aromatic rings. The molecule has 0 aromatic heterocycles. The lowest BCUT2D eigenvalue weighted by Gasteiger charge is -2.28. The molecule has 1 saturated carbocycles. The van der Waals surface area contributed by atoms with Crippen LogP contribution in [0, 0.1) is 12.8 Å². The molecule has 3 rings (SSSR count). The summed E-state index contributed by atoms with van der Waals surface area (Å²) in [5.74, 6) is 0.624. The minimum atomic E-state index is 0.0852. The van der Waals surface area contributed by atoms with Crippen molar-refractivity contribution in [3.63, 3.8) is 0 Å². The number of rotatable bonds is 2. The standard InChI is InChI=1S/C20H28N2O2/c1-16-8-10-18(11-9-16)20(24)22-13-5-12-21(14-15-22)19(23)17-6-3-2-4-7-17/h8-11,17H,2-7,12-15H2,1H3. The molecule has 0 atom stereocenters. The van der Waals surface area contributed by atoms with Gasteiger partial charge in [-0.05, 0) is 38.3 Å². The van der Waals surface area contributed by atoms with Crippen LogP contribution < -0.4 is 0 Å². The Labute approximate surface area is 144 Å². The molecule has 1 aliphatic heterocycles. The third kappa shape index (κ3) is 3.97. The summed E-state index contributed by atoms with van der Waals surface area (Å²) >= 11 is 0. The zero-order valence-electron chi connectivity index (χ0n) is 14.7. The van der Waals surface area contributed by atoms with Crippen molar-refractivity contribution in [2.45, 2.75) is 45.4 Å². The molecule has 4 nitrogen and oxygen atoms in total. The number of carbonyl (C=O) groups is 2. The van der Waals surface area contributed by atoms with Crippen LogP contribution in [0.25, 0.3) is 0 Å². The monoisotopic (exact) mass is 328 g/mol. The highest BCUT2D eigenvalue weighted by Crippen LogP contribution is 2.26. The molecule has 0 N–H and O–H groups in total. The molecule has 1 heterocycles. The molecule has 2 fully saturated rings. The summed E-state index contributed by atoms with van der Waals surface area (Å²) in [5, 5.41) is 0. The van der Waals surface area contributed by atoms with Crippen LogP contribution in [0.5, 0.6) is 0 Å². The van der Waals surface area contributed by atoms with E-state index >= 15 is 0 Å². The summed E-state index contributed by atoms with van der Waals surface area (Å²) in [6.07, 6.45) is 6.59. The number of nitrogens with zero attached hydrogens (tertiary/aromatic N) is 2. The maximum Gasteiger partial charge on any atom is 0.253 e. The van der Waals surface area contributed by atoms with Gasteiger partial charge in [-0.2, -0.15) is 0 Å². The Morgan fingerprint density at radius 2 is 1.46 bits per heavy atom. The number of aryl methyl sites for hydroxylation is 1. The maximum atomic E-state index is 12.7. The Morgan fingerprint density at radius 3 is 2.17 bits per heavy atom. The second kappa shape index (κ2) is 7.82. The third-order valence-electron chi connectivity index (χ3n) is 5.35. The summed E-state index contributed by atoms with van der Waals surface area (Å²) < 4.78 is 0. The van der Waals surface area contributed by atoms with Crippen LogP contribution >= 0.6 is 0 Å². The van der Waals surface area contributed by atoms with Gasteiger partial charge < -0.3 is 9.80 Å². The first-order chi connectivity index (χ1) is 11.6. The summed E-state index contributed by atoms with van der Waals surface area (Å²) in [4.78, 5) is 29.3. The van der Waals surface area contributed by atoms with E-state index in [1.807, 2.05) is 41.0 Å². The molecule has 1 aromatic carbocycles. The summed E-state index contributed by atoms with van der Waals surface area (Å²) in [6.45, 7) is 4.86. The van der Waals surface area contributed by atoms with E-state index < -0.39 is 0 Å². The topological polar surface area (TPSA) is 40.6 Å². The SMILES string of the molecule is Cc1ccc(C(=O)N2CCCN(C(=O)C3CCCCC3)CC2)cc1. The highest BCUT2D eigenvalue weighted by atomic mass is 16.2. The Kier molecular flexibility index (Phi) is 5.54. The minimum absolute atomic E-state index is 0.0852. The van der Waals surface area contributed by atoms with Crippen LogP contribution in [0.2, 0.25) is 0 Å². The number of amides is 2. The zero-order chi connectivity index (χ0) is 16.9. The van der Waals surface area contributed by atoms with E-state index in [1.54, 1.807) is 0 Å². The van der Waals surface area contributed by atoms with Crippen molar-refractivity contribution in [2.24, 2.45) is 5.92 Å². The molecular weight excluding hydrogens is 300 g/mol. The van der Waals surface area contributed by atoms with Crippen LogP contribution in [-0.2, 0) is 4.79 Å². The van der Waals surface area contributed by atoms with Gasteiger partial charge in [0.05, 0.1) is 0 Å². The maximum absolute atomic E-state index is 12.7. The first-order valence-corrected chi connectivity index (χ1v) is 9.30. The normalized spacial score (nSPS) is 19.9. The average Bonchev–Trinajstić information content (AvgIpc) is 2.88.